The molecule has 11 nitrogen and oxygen atoms in total. The van der Waals surface area contributed by atoms with Crippen molar-refractivity contribution in [3.05, 3.63) is 0 Å². The van der Waals surface area contributed by atoms with Gasteiger partial charge in [-0.05, 0) is 12.8 Å². The van der Waals surface area contributed by atoms with E-state index in [0.717, 1.165) is 0 Å². The first-order chi connectivity index (χ1) is 11.1. The Morgan fingerprint density at radius 3 is 2.12 bits per heavy atom. The molecular weight excluding hydrogens is 324 g/mol. The molecule has 2 unspecified atom stereocenters. The summed E-state index contributed by atoms with van der Waals surface area (Å²) in [6, 6.07) is -1.59. The minimum absolute atomic E-state index is 0.247. The van der Waals surface area contributed by atoms with Crippen molar-refractivity contribution < 1.29 is 34.2 Å². The molecule has 0 fully saturated rings. The number of carbonyl (C=O) groups is 5. The van der Waals surface area contributed by atoms with Gasteiger partial charge in [0.1, 0.15) is 0 Å². The summed E-state index contributed by atoms with van der Waals surface area (Å²) in [7, 11) is 0. The number of hydrogen-bond donors (Lipinski definition) is 6. The maximum absolute atomic E-state index is 11.7. The van der Waals surface area contributed by atoms with Crippen LogP contribution in [0.2, 0.25) is 0 Å². The van der Waals surface area contributed by atoms with Crippen LogP contribution in [0.25, 0.3) is 0 Å². The first-order valence-corrected chi connectivity index (χ1v) is 7.16. The molecule has 0 aliphatic carbocycles. The first-order valence-electron chi connectivity index (χ1n) is 7.16. The highest BCUT2D eigenvalue weighted by Crippen LogP contribution is 2.09. The lowest BCUT2D eigenvalue weighted by Gasteiger charge is -2.13. The van der Waals surface area contributed by atoms with Crippen LogP contribution in [0, 0.1) is 5.92 Å². The molecule has 0 heterocycles. The molecule has 0 aromatic rings. The quantitative estimate of drug-likeness (QED) is 0.218. The number of ketones is 1. The molecule has 3 amide bonds. The number of nitrogens with one attached hydrogen (secondary N) is 2. The number of aliphatic carboxylic acids is 2. The van der Waals surface area contributed by atoms with Gasteiger partial charge in [0.2, 0.25) is 5.91 Å². The lowest BCUT2D eigenvalue weighted by molar-refractivity contribution is -0.149. The highest BCUT2D eigenvalue weighted by atomic mass is 16.4. The second-order valence-corrected chi connectivity index (χ2v) is 5.13. The number of nitrogens with two attached hydrogens (primary N) is 2. The molecule has 0 spiro atoms. The molecule has 24 heavy (non-hydrogen) atoms. The van der Waals surface area contributed by atoms with Crippen molar-refractivity contribution in [1.29, 1.82) is 0 Å². The third-order valence-electron chi connectivity index (χ3n) is 3.03. The zero-order valence-corrected chi connectivity index (χ0v) is 13.0. The summed E-state index contributed by atoms with van der Waals surface area (Å²) in [5, 5.41) is 22.0. The molecule has 11 heteroatoms. The van der Waals surface area contributed by atoms with E-state index < -0.39 is 61.0 Å². The summed E-state index contributed by atoms with van der Waals surface area (Å²) in [6.45, 7) is -0.180. The Labute approximate surface area is 137 Å². The molecule has 0 aliphatic heterocycles. The minimum atomic E-state index is -1.39. The predicted molar refractivity (Wildman–Crippen MR) is 80.8 cm³/mol. The molecule has 0 bridgehead atoms. The molecule has 0 aliphatic rings. The number of rotatable bonds is 12. The zero-order chi connectivity index (χ0) is 18.7. The van der Waals surface area contributed by atoms with Crippen LogP contribution in [0.15, 0.2) is 0 Å². The highest BCUT2D eigenvalue weighted by Gasteiger charge is 2.24. The third kappa shape index (κ3) is 10.1. The van der Waals surface area contributed by atoms with E-state index in [2.05, 4.69) is 10.6 Å². The number of primary amides is 1. The number of carbonyl (C=O) groups excluding carboxylic acids is 3. The van der Waals surface area contributed by atoms with Gasteiger partial charge in [-0.1, -0.05) is 0 Å². The molecule has 0 aromatic heterocycles. The van der Waals surface area contributed by atoms with Crippen molar-refractivity contribution in [3.63, 3.8) is 0 Å². The minimum Gasteiger partial charge on any atom is -0.481 e. The van der Waals surface area contributed by atoms with E-state index in [4.69, 9.17) is 21.7 Å². The second kappa shape index (κ2) is 10.9. The fourth-order valence-electron chi connectivity index (χ4n) is 1.79. The van der Waals surface area contributed by atoms with E-state index in [0.29, 0.717) is 6.42 Å². The van der Waals surface area contributed by atoms with Crippen molar-refractivity contribution in [2.45, 2.75) is 31.7 Å². The normalized spacial score (nSPS) is 12.7. The fourth-order valence-corrected chi connectivity index (χ4v) is 1.79. The molecule has 136 valence electrons. The van der Waals surface area contributed by atoms with Gasteiger partial charge < -0.3 is 32.3 Å². The van der Waals surface area contributed by atoms with Gasteiger partial charge >= 0.3 is 18.0 Å². The predicted octanol–water partition coefficient (Wildman–Crippen LogP) is -1.99. The van der Waals surface area contributed by atoms with Crippen molar-refractivity contribution in [3.8, 4) is 0 Å². The molecule has 0 aromatic carbocycles. The SMILES string of the molecule is NC(=O)NCCCC(N)C(=O)NCC(=O)CC(CC(=O)O)C(=O)O. The van der Waals surface area contributed by atoms with Crippen LogP contribution in [0.1, 0.15) is 25.7 Å². The van der Waals surface area contributed by atoms with Gasteiger partial charge in [0.25, 0.3) is 0 Å². The first kappa shape index (κ1) is 21.3. The Kier molecular flexibility index (Phi) is 9.71. The number of urea groups is 1. The van der Waals surface area contributed by atoms with Crippen LogP contribution in [-0.4, -0.2) is 59.0 Å². The molecule has 8 N–H and O–H groups in total. The summed E-state index contributed by atoms with van der Waals surface area (Å²) < 4.78 is 0. The van der Waals surface area contributed by atoms with E-state index in [9.17, 15) is 24.0 Å². The number of carboxylic acids is 2. The van der Waals surface area contributed by atoms with Crippen LogP contribution in [0.5, 0.6) is 0 Å². The fraction of sp³-hybridized carbons (Fsp3) is 0.615. The van der Waals surface area contributed by atoms with Crippen molar-refractivity contribution in [1.82, 2.24) is 10.6 Å². The van der Waals surface area contributed by atoms with E-state index in [1.165, 1.54) is 0 Å². The van der Waals surface area contributed by atoms with Gasteiger partial charge in [-0.15, -0.1) is 0 Å². The van der Waals surface area contributed by atoms with Gasteiger partial charge in [0.05, 0.1) is 24.9 Å². The second-order valence-electron chi connectivity index (χ2n) is 5.13. The van der Waals surface area contributed by atoms with Crippen molar-refractivity contribution in [2.24, 2.45) is 17.4 Å². The van der Waals surface area contributed by atoms with E-state index in [1.807, 2.05) is 0 Å². The maximum Gasteiger partial charge on any atom is 0.312 e. The van der Waals surface area contributed by atoms with E-state index in [1.54, 1.807) is 0 Å². The molecule has 0 saturated heterocycles. The smallest absolute Gasteiger partial charge is 0.312 e. The van der Waals surface area contributed by atoms with Crippen LogP contribution in [-0.2, 0) is 19.2 Å². The summed E-state index contributed by atoms with van der Waals surface area (Å²) >= 11 is 0. The summed E-state index contributed by atoms with van der Waals surface area (Å²) in [4.78, 5) is 55.1. The van der Waals surface area contributed by atoms with Gasteiger partial charge in [0.15, 0.2) is 5.78 Å². The topological polar surface area (TPSA) is 202 Å². The Hall–Kier alpha value is -2.69. The molecule has 0 rings (SSSR count). The Morgan fingerprint density at radius 2 is 1.62 bits per heavy atom. The summed E-state index contributed by atoms with van der Waals surface area (Å²) in [5.74, 6) is -5.28. The van der Waals surface area contributed by atoms with Crippen molar-refractivity contribution in [2.75, 3.05) is 13.1 Å². The highest BCUT2D eigenvalue weighted by molar-refractivity contribution is 5.90. The van der Waals surface area contributed by atoms with Crippen LogP contribution in [0.3, 0.4) is 0 Å². The van der Waals surface area contributed by atoms with E-state index >= 15 is 0 Å². The Morgan fingerprint density at radius 1 is 1.00 bits per heavy atom. The lowest BCUT2D eigenvalue weighted by atomic mass is 9.99. The molecule has 0 radical (unpaired) electrons. The maximum atomic E-state index is 11.7. The summed E-state index contributed by atoms with van der Waals surface area (Å²) in [5.41, 5.74) is 10.5. The number of hydrogen-bond acceptors (Lipinski definition) is 6. The molecular formula is C13H22N4O7. The number of amides is 3. The third-order valence-corrected chi connectivity index (χ3v) is 3.03. The van der Waals surface area contributed by atoms with Gasteiger partial charge in [-0.2, -0.15) is 0 Å². The van der Waals surface area contributed by atoms with Crippen LogP contribution < -0.4 is 22.1 Å². The van der Waals surface area contributed by atoms with Crippen LogP contribution in [0.4, 0.5) is 4.79 Å². The van der Waals surface area contributed by atoms with E-state index in [-0.39, 0.29) is 13.0 Å². The average Bonchev–Trinajstić information content (AvgIpc) is 2.47. The van der Waals surface area contributed by atoms with Crippen molar-refractivity contribution >= 4 is 29.7 Å². The lowest BCUT2D eigenvalue weighted by Crippen LogP contribution is -2.43. The van der Waals surface area contributed by atoms with Gasteiger partial charge in [-0.3, -0.25) is 19.2 Å². The Bertz CT molecular complexity index is 495. The largest absolute Gasteiger partial charge is 0.481 e. The standard InChI is InChI=1S/C13H22N4O7/c14-9(2-1-3-16-13(15)24)11(21)17-6-8(18)4-7(12(22)23)5-10(19)20/h7,9H,1-6,14H2,(H,17,21)(H,19,20)(H,22,23)(H3,15,16,24). The Balaban J connectivity index is 4.14. The average molecular weight is 346 g/mol. The van der Waals surface area contributed by atoms with Gasteiger partial charge in [0, 0.05) is 13.0 Å². The van der Waals surface area contributed by atoms with Gasteiger partial charge in [-0.25, -0.2) is 4.79 Å². The molecule has 2 atom stereocenters. The monoisotopic (exact) mass is 346 g/mol. The number of carboxylic acid groups (broad SMARTS) is 2. The zero-order valence-electron chi connectivity index (χ0n) is 13.0. The molecule has 0 saturated carbocycles. The summed E-state index contributed by atoms with van der Waals surface area (Å²) in [6.07, 6.45) is -0.524. The number of Topliss-reactive ketones (excluding diaryl/α,β-unsaturated/α-hetero) is 1. The van der Waals surface area contributed by atoms with Crippen LogP contribution >= 0.6 is 0 Å².